The molecule has 21 heavy (non-hydrogen) atoms. The van der Waals surface area contributed by atoms with Gasteiger partial charge in [0, 0.05) is 30.9 Å². The van der Waals surface area contributed by atoms with Crippen molar-refractivity contribution in [1.82, 2.24) is 10.2 Å². The minimum Gasteiger partial charge on any atom is -0.395 e. The van der Waals surface area contributed by atoms with Gasteiger partial charge in [0.25, 0.3) is 0 Å². The SMILES string of the molecule is CCN(CC)C(=O)Nc1ccc(C(C)N[C@H](C)CO)cc1. The number of urea groups is 1. The van der Waals surface area contributed by atoms with E-state index in [4.69, 9.17) is 5.11 Å². The van der Waals surface area contributed by atoms with Gasteiger partial charge in [-0.15, -0.1) is 0 Å². The molecule has 2 amide bonds. The topological polar surface area (TPSA) is 64.6 Å². The van der Waals surface area contributed by atoms with E-state index < -0.39 is 0 Å². The summed E-state index contributed by atoms with van der Waals surface area (Å²) in [5.74, 6) is 0. The maximum absolute atomic E-state index is 12.0. The highest BCUT2D eigenvalue weighted by Gasteiger charge is 2.11. The second kappa shape index (κ2) is 8.64. The van der Waals surface area contributed by atoms with Crippen LogP contribution < -0.4 is 10.6 Å². The summed E-state index contributed by atoms with van der Waals surface area (Å²) in [6.07, 6.45) is 0. The summed E-state index contributed by atoms with van der Waals surface area (Å²) in [7, 11) is 0. The van der Waals surface area contributed by atoms with Crippen LogP contribution in [0, 0.1) is 0 Å². The Kier molecular flexibility index (Phi) is 7.19. The summed E-state index contributed by atoms with van der Waals surface area (Å²) in [5.41, 5.74) is 1.91. The molecule has 5 nitrogen and oxygen atoms in total. The lowest BCUT2D eigenvalue weighted by Gasteiger charge is -2.20. The first-order valence-corrected chi connectivity index (χ1v) is 7.54. The van der Waals surface area contributed by atoms with Crippen LogP contribution in [0.5, 0.6) is 0 Å². The van der Waals surface area contributed by atoms with Gasteiger partial charge in [-0.1, -0.05) is 12.1 Å². The molecule has 0 aliphatic carbocycles. The first-order valence-electron chi connectivity index (χ1n) is 7.54. The summed E-state index contributed by atoms with van der Waals surface area (Å²) in [6, 6.07) is 7.91. The Morgan fingerprint density at radius 1 is 1.19 bits per heavy atom. The third-order valence-corrected chi connectivity index (χ3v) is 3.52. The monoisotopic (exact) mass is 293 g/mol. The molecular weight excluding hydrogens is 266 g/mol. The van der Waals surface area contributed by atoms with Crippen LogP contribution in [0.4, 0.5) is 10.5 Å². The first kappa shape index (κ1) is 17.5. The molecule has 118 valence electrons. The highest BCUT2D eigenvalue weighted by atomic mass is 16.3. The largest absolute Gasteiger partial charge is 0.395 e. The molecule has 0 spiro atoms. The van der Waals surface area contributed by atoms with Crippen LogP contribution >= 0.6 is 0 Å². The van der Waals surface area contributed by atoms with Crippen molar-refractivity contribution in [3.8, 4) is 0 Å². The highest BCUT2D eigenvalue weighted by molar-refractivity contribution is 5.89. The zero-order chi connectivity index (χ0) is 15.8. The van der Waals surface area contributed by atoms with Gasteiger partial charge in [-0.2, -0.15) is 0 Å². The quantitative estimate of drug-likeness (QED) is 0.724. The fraction of sp³-hybridized carbons (Fsp3) is 0.562. The molecule has 0 radical (unpaired) electrons. The van der Waals surface area contributed by atoms with E-state index in [0.29, 0.717) is 13.1 Å². The predicted molar refractivity (Wildman–Crippen MR) is 86.5 cm³/mol. The Bertz CT molecular complexity index is 430. The number of aliphatic hydroxyl groups excluding tert-OH is 1. The molecule has 0 bridgehead atoms. The van der Waals surface area contributed by atoms with Crippen LogP contribution in [0.2, 0.25) is 0 Å². The normalized spacial score (nSPS) is 13.6. The second-order valence-corrected chi connectivity index (χ2v) is 5.20. The van der Waals surface area contributed by atoms with E-state index in [9.17, 15) is 4.79 Å². The molecule has 0 saturated heterocycles. The number of carbonyl (C=O) groups is 1. The van der Waals surface area contributed by atoms with Crippen LogP contribution in [0.1, 0.15) is 39.3 Å². The van der Waals surface area contributed by atoms with Gasteiger partial charge in [0.1, 0.15) is 0 Å². The molecular formula is C16H27N3O2. The Hall–Kier alpha value is -1.59. The van der Waals surface area contributed by atoms with Crippen molar-refractivity contribution < 1.29 is 9.90 Å². The lowest BCUT2D eigenvalue weighted by atomic mass is 10.1. The lowest BCUT2D eigenvalue weighted by molar-refractivity contribution is 0.217. The molecule has 1 unspecified atom stereocenters. The number of carbonyl (C=O) groups excluding carboxylic acids is 1. The molecule has 0 aliphatic rings. The summed E-state index contributed by atoms with van der Waals surface area (Å²) in [4.78, 5) is 13.7. The van der Waals surface area contributed by atoms with Crippen LogP contribution in [0.3, 0.4) is 0 Å². The minimum atomic E-state index is -0.0761. The van der Waals surface area contributed by atoms with Gasteiger partial charge >= 0.3 is 6.03 Å². The Balaban J connectivity index is 2.63. The average Bonchev–Trinajstić information content (AvgIpc) is 2.49. The van der Waals surface area contributed by atoms with E-state index >= 15 is 0 Å². The van der Waals surface area contributed by atoms with Gasteiger partial charge in [0.05, 0.1) is 6.61 Å². The molecule has 0 fully saturated rings. The number of anilines is 1. The number of nitrogens with zero attached hydrogens (tertiary/aromatic N) is 1. The first-order chi connectivity index (χ1) is 10.0. The van der Waals surface area contributed by atoms with Gasteiger partial charge in [0.15, 0.2) is 0 Å². The minimum absolute atomic E-state index is 0.0574. The van der Waals surface area contributed by atoms with E-state index in [1.165, 1.54) is 0 Å². The summed E-state index contributed by atoms with van der Waals surface area (Å²) in [5, 5.41) is 15.2. The highest BCUT2D eigenvalue weighted by Crippen LogP contribution is 2.17. The van der Waals surface area contributed by atoms with Crippen LogP contribution in [0.25, 0.3) is 0 Å². The summed E-state index contributed by atoms with van der Waals surface area (Å²) in [6.45, 7) is 9.41. The third-order valence-electron chi connectivity index (χ3n) is 3.52. The Morgan fingerprint density at radius 3 is 2.24 bits per heavy atom. The lowest BCUT2D eigenvalue weighted by Crippen LogP contribution is -2.34. The Morgan fingerprint density at radius 2 is 1.76 bits per heavy atom. The van der Waals surface area contributed by atoms with Gasteiger partial charge in [-0.25, -0.2) is 4.79 Å². The second-order valence-electron chi connectivity index (χ2n) is 5.20. The van der Waals surface area contributed by atoms with Gasteiger partial charge in [-0.05, 0) is 45.4 Å². The van der Waals surface area contributed by atoms with Gasteiger partial charge < -0.3 is 20.6 Å². The molecule has 5 heteroatoms. The molecule has 1 aromatic rings. The number of aliphatic hydroxyl groups is 1. The number of amides is 2. The zero-order valence-electron chi connectivity index (χ0n) is 13.4. The van der Waals surface area contributed by atoms with Crippen molar-refractivity contribution in [3.05, 3.63) is 29.8 Å². The maximum atomic E-state index is 12.0. The number of hydrogen-bond donors (Lipinski definition) is 3. The fourth-order valence-corrected chi connectivity index (χ4v) is 2.14. The van der Waals surface area contributed by atoms with Crippen molar-refractivity contribution in [2.75, 3.05) is 25.0 Å². The number of rotatable bonds is 7. The smallest absolute Gasteiger partial charge is 0.321 e. The Labute approximate surface area is 127 Å². The zero-order valence-corrected chi connectivity index (χ0v) is 13.4. The molecule has 0 heterocycles. The molecule has 1 aromatic carbocycles. The van der Waals surface area contributed by atoms with Crippen molar-refractivity contribution in [2.24, 2.45) is 0 Å². The van der Waals surface area contributed by atoms with Crippen molar-refractivity contribution in [1.29, 1.82) is 0 Å². The van der Waals surface area contributed by atoms with Crippen LogP contribution in [0.15, 0.2) is 24.3 Å². The van der Waals surface area contributed by atoms with Crippen LogP contribution in [-0.2, 0) is 0 Å². The van der Waals surface area contributed by atoms with E-state index in [0.717, 1.165) is 11.3 Å². The molecule has 0 aliphatic heterocycles. The molecule has 1 rings (SSSR count). The fourth-order valence-electron chi connectivity index (χ4n) is 2.14. The number of hydrogen-bond acceptors (Lipinski definition) is 3. The third kappa shape index (κ3) is 5.36. The molecule has 0 aromatic heterocycles. The van der Waals surface area contributed by atoms with Crippen molar-refractivity contribution in [3.63, 3.8) is 0 Å². The van der Waals surface area contributed by atoms with E-state index in [1.54, 1.807) is 4.90 Å². The predicted octanol–water partition coefficient (Wildman–Crippen LogP) is 2.59. The van der Waals surface area contributed by atoms with Crippen molar-refractivity contribution in [2.45, 2.75) is 39.8 Å². The standard InChI is InChI=1S/C16H27N3O2/c1-5-19(6-2)16(21)18-15-9-7-14(8-10-15)13(4)17-12(3)11-20/h7-10,12-13,17,20H,5-6,11H2,1-4H3,(H,18,21)/t12-,13?/m1/s1. The summed E-state index contributed by atoms with van der Waals surface area (Å²) >= 11 is 0. The van der Waals surface area contributed by atoms with Gasteiger partial charge in [-0.3, -0.25) is 0 Å². The summed E-state index contributed by atoms with van der Waals surface area (Å²) < 4.78 is 0. The number of benzene rings is 1. The van der Waals surface area contributed by atoms with E-state index in [1.807, 2.05) is 45.0 Å². The van der Waals surface area contributed by atoms with Crippen LogP contribution in [-0.4, -0.2) is 41.8 Å². The molecule has 2 atom stereocenters. The van der Waals surface area contributed by atoms with E-state index in [2.05, 4.69) is 17.6 Å². The number of nitrogens with one attached hydrogen (secondary N) is 2. The van der Waals surface area contributed by atoms with Gasteiger partial charge in [0.2, 0.25) is 0 Å². The van der Waals surface area contributed by atoms with E-state index in [-0.39, 0.29) is 24.7 Å². The molecule has 0 saturated carbocycles. The average molecular weight is 293 g/mol. The molecule has 3 N–H and O–H groups in total. The van der Waals surface area contributed by atoms with Crippen molar-refractivity contribution >= 4 is 11.7 Å². The maximum Gasteiger partial charge on any atom is 0.321 e.